The van der Waals surface area contributed by atoms with Crippen LogP contribution in [0.1, 0.15) is 62.3 Å². The summed E-state index contributed by atoms with van der Waals surface area (Å²) in [6, 6.07) is 14.8. The number of hydrogen-bond donors (Lipinski definition) is 1. The maximum Gasteiger partial charge on any atom is 0.258 e. The molecule has 0 saturated carbocycles. The number of rotatable bonds is 6. The number of piperidine rings is 1. The van der Waals surface area contributed by atoms with E-state index in [1.807, 2.05) is 19.1 Å². The number of anilines is 1. The average molecular weight is 407 g/mol. The van der Waals surface area contributed by atoms with Gasteiger partial charge in [0.05, 0.1) is 6.04 Å². The highest BCUT2D eigenvalue weighted by Crippen LogP contribution is 2.29. The zero-order valence-electron chi connectivity index (χ0n) is 18.3. The van der Waals surface area contributed by atoms with E-state index in [-0.39, 0.29) is 18.6 Å². The van der Waals surface area contributed by atoms with E-state index in [1.165, 1.54) is 42.5 Å². The largest absolute Gasteiger partial charge is 0.483 e. The van der Waals surface area contributed by atoms with Crippen molar-refractivity contribution >= 4 is 11.6 Å². The first-order chi connectivity index (χ1) is 14.6. The molecule has 1 N–H and O–H groups in total. The number of fused-ring (bicyclic) bond motifs is 1. The van der Waals surface area contributed by atoms with Crippen LogP contribution in [0.2, 0.25) is 0 Å². The Hall–Kier alpha value is -2.49. The molecule has 1 heterocycles. The van der Waals surface area contributed by atoms with Crippen LogP contribution in [-0.4, -0.2) is 25.6 Å². The highest BCUT2D eigenvalue weighted by molar-refractivity contribution is 5.78. The van der Waals surface area contributed by atoms with Crippen LogP contribution < -0.4 is 15.0 Å². The van der Waals surface area contributed by atoms with E-state index < -0.39 is 0 Å². The van der Waals surface area contributed by atoms with Crippen LogP contribution >= 0.6 is 0 Å². The molecule has 2 aromatic carbocycles. The molecule has 30 heavy (non-hydrogen) atoms. The fourth-order valence-corrected chi connectivity index (χ4v) is 4.63. The number of ether oxygens (including phenoxy) is 1. The number of amides is 1. The zero-order valence-corrected chi connectivity index (χ0v) is 18.3. The molecular weight excluding hydrogens is 372 g/mol. The smallest absolute Gasteiger partial charge is 0.258 e. The number of hydrogen-bond acceptors (Lipinski definition) is 3. The number of aryl methyl sites for hydroxylation is 1. The van der Waals surface area contributed by atoms with Crippen LogP contribution in [-0.2, 0) is 17.6 Å². The lowest BCUT2D eigenvalue weighted by Crippen LogP contribution is -2.33. The van der Waals surface area contributed by atoms with Gasteiger partial charge in [-0.25, -0.2) is 0 Å². The molecule has 1 fully saturated rings. The van der Waals surface area contributed by atoms with Crippen molar-refractivity contribution in [2.45, 2.75) is 58.4 Å². The predicted octanol–water partition coefficient (Wildman–Crippen LogP) is 5.06. The maximum atomic E-state index is 12.5. The lowest BCUT2D eigenvalue weighted by molar-refractivity contribution is -0.123. The summed E-state index contributed by atoms with van der Waals surface area (Å²) < 4.78 is 5.89. The van der Waals surface area contributed by atoms with E-state index in [2.05, 4.69) is 47.5 Å². The van der Waals surface area contributed by atoms with Crippen LogP contribution in [0.25, 0.3) is 0 Å². The normalized spacial score (nSPS) is 17.9. The van der Waals surface area contributed by atoms with E-state index >= 15 is 0 Å². The predicted molar refractivity (Wildman–Crippen MR) is 122 cm³/mol. The van der Waals surface area contributed by atoms with Gasteiger partial charge in [-0.1, -0.05) is 31.2 Å². The van der Waals surface area contributed by atoms with E-state index in [4.69, 9.17) is 4.74 Å². The van der Waals surface area contributed by atoms with Gasteiger partial charge in [0, 0.05) is 18.8 Å². The number of carbonyl (C=O) groups is 1. The molecule has 1 unspecified atom stereocenters. The number of benzene rings is 2. The van der Waals surface area contributed by atoms with Crippen molar-refractivity contribution in [3.8, 4) is 5.75 Å². The van der Waals surface area contributed by atoms with Crippen molar-refractivity contribution in [1.29, 1.82) is 0 Å². The van der Waals surface area contributed by atoms with Gasteiger partial charge in [0.15, 0.2) is 6.61 Å². The Kier molecular flexibility index (Phi) is 6.61. The summed E-state index contributed by atoms with van der Waals surface area (Å²) in [5.41, 5.74) is 5.05. The standard InChI is InChI=1S/C26H34N2O2/c1-19-14-16-28(17-15-19)23-12-10-21(11-13-23)20(2)27-26(29)18-30-25-9-5-7-22-6-3-4-8-24(22)25/h5,7,9-13,19-20H,3-4,6,8,14-18H2,1-2H3,(H,27,29). The Morgan fingerprint density at radius 3 is 2.60 bits per heavy atom. The third-order valence-corrected chi connectivity index (χ3v) is 6.63. The van der Waals surface area contributed by atoms with Crippen LogP contribution in [0.4, 0.5) is 5.69 Å². The second kappa shape index (κ2) is 9.55. The number of carbonyl (C=O) groups excluding carboxylic acids is 1. The molecule has 0 bridgehead atoms. The van der Waals surface area contributed by atoms with Gasteiger partial charge in [0.1, 0.15) is 5.75 Å². The molecule has 0 spiro atoms. The Bertz CT molecular complexity index is 854. The fourth-order valence-electron chi connectivity index (χ4n) is 4.63. The monoisotopic (exact) mass is 406 g/mol. The second-order valence-electron chi connectivity index (χ2n) is 8.94. The molecule has 4 nitrogen and oxygen atoms in total. The zero-order chi connectivity index (χ0) is 20.9. The molecule has 0 aromatic heterocycles. The fraction of sp³-hybridized carbons (Fsp3) is 0.500. The van der Waals surface area contributed by atoms with Gasteiger partial charge in [0.25, 0.3) is 5.91 Å². The minimum atomic E-state index is -0.0787. The Morgan fingerprint density at radius 2 is 1.83 bits per heavy atom. The van der Waals surface area contributed by atoms with Crippen molar-refractivity contribution in [2.75, 3.05) is 24.6 Å². The first-order valence-electron chi connectivity index (χ1n) is 11.5. The van der Waals surface area contributed by atoms with Gasteiger partial charge in [0.2, 0.25) is 0 Å². The molecule has 1 saturated heterocycles. The van der Waals surface area contributed by atoms with Crippen LogP contribution in [0.15, 0.2) is 42.5 Å². The highest BCUT2D eigenvalue weighted by atomic mass is 16.5. The summed E-state index contributed by atoms with van der Waals surface area (Å²) in [4.78, 5) is 14.9. The van der Waals surface area contributed by atoms with E-state index in [1.54, 1.807) is 0 Å². The summed E-state index contributed by atoms with van der Waals surface area (Å²) in [5.74, 6) is 1.62. The van der Waals surface area contributed by atoms with Crippen molar-refractivity contribution in [3.63, 3.8) is 0 Å². The lowest BCUT2D eigenvalue weighted by Gasteiger charge is -2.32. The van der Waals surface area contributed by atoms with Crippen LogP contribution in [0, 0.1) is 5.92 Å². The van der Waals surface area contributed by atoms with Gasteiger partial charge < -0.3 is 15.0 Å². The summed E-state index contributed by atoms with van der Waals surface area (Å²) in [6.45, 7) is 6.69. The Morgan fingerprint density at radius 1 is 1.10 bits per heavy atom. The lowest BCUT2D eigenvalue weighted by atomic mass is 9.91. The maximum absolute atomic E-state index is 12.5. The molecular formula is C26H34N2O2. The summed E-state index contributed by atoms with van der Waals surface area (Å²) in [6.07, 6.45) is 7.12. The van der Waals surface area contributed by atoms with E-state index in [0.717, 1.165) is 43.2 Å². The third kappa shape index (κ3) is 4.97. The summed E-state index contributed by atoms with van der Waals surface area (Å²) >= 11 is 0. The van der Waals surface area contributed by atoms with Crippen molar-refractivity contribution in [3.05, 3.63) is 59.2 Å². The Balaban J connectivity index is 1.29. The summed E-state index contributed by atoms with van der Waals surface area (Å²) in [5, 5.41) is 3.07. The topological polar surface area (TPSA) is 41.6 Å². The van der Waals surface area contributed by atoms with Crippen molar-refractivity contribution in [1.82, 2.24) is 5.32 Å². The molecule has 0 radical (unpaired) electrons. The van der Waals surface area contributed by atoms with E-state index in [0.29, 0.717) is 0 Å². The van der Waals surface area contributed by atoms with Gasteiger partial charge in [-0.05, 0) is 86.3 Å². The quantitative estimate of drug-likeness (QED) is 0.729. The number of nitrogens with one attached hydrogen (secondary N) is 1. The van der Waals surface area contributed by atoms with Crippen molar-refractivity contribution in [2.24, 2.45) is 5.92 Å². The molecule has 1 aliphatic carbocycles. The van der Waals surface area contributed by atoms with Gasteiger partial charge in [-0.2, -0.15) is 0 Å². The highest BCUT2D eigenvalue weighted by Gasteiger charge is 2.18. The number of nitrogens with zero attached hydrogens (tertiary/aromatic N) is 1. The van der Waals surface area contributed by atoms with Crippen LogP contribution in [0.3, 0.4) is 0 Å². The molecule has 4 rings (SSSR count). The summed E-state index contributed by atoms with van der Waals surface area (Å²) in [7, 11) is 0. The minimum absolute atomic E-state index is 0.0405. The molecule has 2 aromatic rings. The van der Waals surface area contributed by atoms with Gasteiger partial charge in [-0.3, -0.25) is 4.79 Å². The van der Waals surface area contributed by atoms with E-state index in [9.17, 15) is 4.79 Å². The molecule has 1 amide bonds. The van der Waals surface area contributed by atoms with Crippen LogP contribution in [0.5, 0.6) is 5.75 Å². The molecule has 2 aliphatic rings. The molecule has 4 heteroatoms. The first kappa shape index (κ1) is 20.8. The second-order valence-corrected chi connectivity index (χ2v) is 8.94. The van der Waals surface area contributed by atoms with Gasteiger partial charge >= 0.3 is 0 Å². The molecule has 160 valence electrons. The molecule has 1 aliphatic heterocycles. The minimum Gasteiger partial charge on any atom is -0.483 e. The third-order valence-electron chi connectivity index (χ3n) is 6.63. The van der Waals surface area contributed by atoms with Gasteiger partial charge in [-0.15, -0.1) is 0 Å². The first-order valence-corrected chi connectivity index (χ1v) is 11.5. The Labute approximate surface area is 180 Å². The SMILES string of the molecule is CC1CCN(c2ccc(C(C)NC(=O)COc3cccc4c3CCCC4)cc2)CC1. The molecule has 1 atom stereocenters. The average Bonchev–Trinajstić information content (AvgIpc) is 2.78. The van der Waals surface area contributed by atoms with Crippen molar-refractivity contribution < 1.29 is 9.53 Å².